The molecule has 0 spiro atoms. The van der Waals surface area contributed by atoms with Crippen LogP contribution in [0.4, 0.5) is 0 Å². The van der Waals surface area contributed by atoms with Crippen LogP contribution in [0.25, 0.3) is 0 Å². The third-order valence-corrected chi connectivity index (χ3v) is 6.41. The summed E-state index contributed by atoms with van der Waals surface area (Å²) in [4.78, 5) is 10.9. The number of hydrogen-bond donors (Lipinski definition) is 2. The Balaban J connectivity index is 2.16. The van der Waals surface area contributed by atoms with E-state index < -0.39 is 16.0 Å². The fraction of sp³-hybridized carbons (Fsp3) is 0.583. The van der Waals surface area contributed by atoms with Crippen LogP contribution in [0.1, 0.15) is 36.4 Å². The van der Waals surface area contributed by atoms with Crippen LogP contribution in [0, 0.1) is 11.8 Å². The van der Waals surface area contributed by atoms with Gasteiger partial charge >= 0.3 is 5.97 Å². The molecule has 0 amide bonds. The van der Waals surface area contributed by atoms with E-state index in [4.69, 9.17) is 5.11 Å². The molecule has 0 radical (unpaired) electrons. The molecule has 0 aromatic carbocycles. The average Bonchev–Trinajstić information content (AvgIpc) is 2.92. The van der Waals surface area contributed by atoms with Crippen molar-refractivity contribution in [3.63, 3.8) is 0 Å². The van der Waals surface area contributed by atoms with Crippen molar-refractivity contribution in [3.05, 3.63) is 16.3 Å². The Hall–Kier alpha value is -0.920. The number of carbonyl (C=O) groups is 1. The van der Waals surface area contributed by atoms with Crippen molar-refractivity contribution in [2.45, 2.75) is 37.6 Å². The summed E-state index contributed by atoms with van der Waals surface area (Å²) in [6.07, 6.45) is 1.84. The van der Waals surface area contributed by atoms with Gasteiger partial charge in [0.05, 0.1) is 4.90 Å². The summed E-state index contributed by atoms with van der Waals surface area (Å²) in [5.74, 6) is -0.300. The van der Waals surface area contributed by atoms with Crippen LogP contribution in [-0.4, -0.2) is 25.5 Å². The van der Waals surface area contributed by atoms with Gasteiger partial charge in [0.2, 0.25) is 10.0 Å². The van der Waals surface area contributed by atoms with E-state index in [1.54, 1.807) is 0 Å². The van der Waals surface area contributed by atoms with Crippen molar-refractivity contribution >= 4 is 27.3 Å². The van der Waals surface area contributed by atoms with E-state index in [0.717, 1.165) is 24.2 Å². The van der Waals surface area contributed by atoms with Gasteiger partial charge in [0.25, 0.3) is 0 Å². The zero-order valence-electron chi connectivity index (χ0n) is 10.8. The molecule has 106 valence electrons. The molecule has 1 aliphatic carbocycles. The second kappa shape index (κ2) is 5.22. The van der Waals surface area contributed by atoms with Crippen LogP contribution in [-0.2, 0) is 10.0 Å². The standard InChI is InChI=1S/C12H17NO4S2/c1-7-3-4-10(8(7)2)13-19(16,17)9-5-11(12(14)15)18-6-9/h5-8,10,13H,3-4H2,1-2H3,(H,14,15). The highest BCUT2D eigenvalue weighted by Gasteiger charge is 2.33. The van der Waals surface area contributed by atoms with Crippen LogP contribution in [0.3, 0.4) is 0 Å². The summed E-state index contributed by atoms with van der Waals surface area (Å²) in [6, 6.07) is 1.14. The van der Waals surface area contributed by atoms with Gasteiger partial charge in [0, 0.05) is 11.4 Å². The van der Waals surface area contributed by atoms with E-state index in [0.29, 0.717) is 11.8 Å². The first-order valence-corrected chi connectivity index (χ1v) is 8.51. The van der Waals surface area contributed by atoms with Crippen LogP contribution in [0.5, 0.6) is 0 Å². The average molecular weight is 303 g/mol. The fourth-order valence-electron chi connectivity index (χ4n) is 2.37. The number of carboxylic acid groups (broad SMARTS) is 1. The summed E-state index contributed by atoms with van der Waals surface area (Å²) in [5, 5.41) is 10.2. The number of hydrogen-bond acceptors (Lipinski definition) is 4. The Kier molecular flexibility index (Phi) is 3.98. The number of aromatic carboxylic acids is 1. The first-order chi connectivity index (χ1) is 8.81. The quantitative estimate of drug-likeness (QED) is 0.893. The van der Waals surface area contributed by atoms with Gasteiger partial charge in [-0.3, -0.25) is 0 Å². The molecule has 0 bridgehead atoms. The molecule has 2 N–H and O–H groups in total. The molecule has 3 unspecified atom stereocenters. The monoisotopic (exact) mass is 303 g/mol. The molecule has 1 aromatic rings. The molecule has 5 nitrogen and oxygen atoms in total. The van der Waals surface area contributed by atoms with Gasteiger partial charge in [0.15, 0.2) is 0 Å². The van der Waals surface area contributed by atoms with Gasteiger partial charge in [0.1, 0.15) is 4.88 Å². The third-order valence-electron chi connectivity index (χ3n) is 3.87. The highest BCUT2D eigenvalue weighted by Crippen LogP contribution is 2.32. The van der Waals surface area contributed by atoms with Crippen LogP contribution >= 0.6 is 11.3 Å². The first kappa shape index (κ1) is 14.5. The molecule has 1 saturated carbocycles. The third kappa shape index (κ3) is 2.98. The van der Waals surface area contributed by atoms with Crippen molar-refractivity contribution in [1.82, 2.24) is 4.72 Å². The first-order valence-electron chi connectivity index (χ1n) is 6.15. The molecule has 0 saturated heterocycles. The number of rotatable bonds is 4. The van der Waals surface area contributed by atoms with Gasteiger partial charge in [-0.05, 0) is 30.7 Å². The van der Waals surface area contributed by atoms with Crippen molar-refractivity contribution in [1.29, 1.82) is 0 Å². The molecular weight excluding hydrogens is 286 g/mol. The SMILES string of the molecule is CC1CCC(NS(=O)(=O)c2csc(C(=O)O)c2)C1C. The Bertz CT molecular complexity index is 578. The number of nitrogens with one attached hydrogen (secondary N) is 1. The van der Waals surface area contributed by atoms with Gasteiger partial charge in [-0.1, -0.05) is 13.8 Å². The lowest BCUT2D eigenvalue weighted by Gasteiger charge is -2.19. The Labute approximate surface area is 116 Å². The predicted octanol–water partition coefficient (Wildman–Crippen LogP) is 2.16. The molecule has 7 heteroatoms. The van der Waals surface area contributed by atoms with E-state index in [1.165, 1.54) is 11.4 Å². The van der Waals surface area contributed by atoms with Crippen LogP contribution < -0.4 is 4.72 Å². The summed E-state index contributed by atoms with van der Waals surface area (Å²) >= 11 is 0.925. The van der Waals surface area contributed by atoms with Crippen LogP contribution in [0.2, 0.25) is 0 Å². The van der Waals surface area contributed by atoms with Gasteiger partial charge in [-0.15, -0.1) is 11.3 Å². The molecule has 19 heavy (non-hydrogen) atoms. The van der Waals surface area contributed by atoms with Crippen molar-refractivity contribution in [3.8, 4) is 0 Å². The number of thiophene rings is 1. The number of carboxylic acids is 1. The van der Waals surface area contributed by atoms with Crippen molar-refractivity contribution in [2.24, 2.45) is 11.8 Å². The zero-order chi connectivity index (χ0) is 14.2. The molecule has 1 aliphatic rings. The Morgan fingerprint density at radius 1 is 1.42 bits per heavy atom. The van der Waals surface area contributed by atoms with Gasteiger partial charge in [-0.2, -0.15) is 0 Å². The predicted molar refractivity (Wildman–Crippen MR) is 72.9 cm³/mol. The minimum Gasteiger partial charge on any atom is -0.477 e. The van der Waals surface area contributed by atoms with Gasteiger partial charge in [-0.25, -0.2) is 17.9 Å². The lowest BCUT2D eigenvalue weighted by atomic mass is 9.98. The highest BCUT2D eigenvalue weighted by atomic mass is 32.2. The topological polar surface area (TPSA) is 83.5 Å². The number of sulfonamides is 1. The van der Waals surface area contributed by atoms with Crippen LogP contribution in [0.15, 0.2) is 16.3 Å². The molecule has 0 aliphatic heterocycles. The van der Waals surface area contributed by atoms with Crippen molar-refractivity contribution in [2.75, 3.05) is 0 Å². The maximum atomic E-state index is 12.2. The van der Waals surface area contributed by atoms with E-state index in [2.05, 4.69) is 11.6 Å². The molecule has 1 heterocycles. The van der Waals surface area contributed by atoms with E-state index >= 15 is 0 Å². The Morgan fingerprint density at radius 3 is 2.58 bits per heavy atom. The van der Waals surface area contributed by atoms with E-state index in [9.17, 15) is 13.2 Å². The lowest BCUT2D eigenvalue weighted by molar-refractivity contribution is 0.0702. The zero-order valence-corrected chi connectivity index (χ0v) is 12.4. The second-order valence-electron chi connectivity index (χ2n) is 5.09. The molecule has 2 rings (SSSR count). The minimum absolute atomic E-state index is 0.0354. The lowest BCUT2D eigenvalue weighted by Crippen LogP contribution is -2.37. The smallest absolute Gasteiger partial charge is 0.345 e. The largest absolute Gasteiger partial charge is 0.477 e. The maximum absolute atomic E-state index is 12.2. The normalized spacial score (nSPS) is 27.6. The minimum atomic E-state index is -3.62. The van der Waals surface area contributed by atoms with Gasteiger partial charge < -0.3 is 5.11 Å². The van der Waals surface area contributed by atoms with E-state index in [1.807, 2.05) is 6.92 Å². The summed E-state index contributed by atoms with van der Waals surface area (Å²) < 4.78 is 27.0. The molecule has 1 fully saturated rings. The summed E-state index contributed by atoms with van der Waals surface area (Å²) in [5.41, 5.74) is 0. The fourth-order valence-corrected chi connectivity index (χ4v) is 4.84. The highest BCUT2D eigenvalue weighted by molar-refractivity contribution is 7.89. The maximum Gasteiger partial charge on any atom is 0.345 e. The second-order valence-corrected chi connectivity index (χ2v) is 7.72. The molecular formula is C12H17NO4S2. The van der Waals surface area contributed by atoms with E-state index in [-0.39, 0.29) is 15.8 Å². The van der Waals surface area contributed by atoms with Crippen molar-refractivity contribution < 1.29 is 18.3 Å². The Morgan fingerprint density at radius 2 is 2.11 bits per heavy atom. The summed E-state index contributed by atoms with van der Waals surface area (Å²) in [7, 11) is -3.62. The summed E-state index contributed by atoms with van der Waals surface area (Å²) in [6.45, 7) is 4.16. The molecule has 1 aromatic heterocycles. The molecule has 3 atom stereocenters.